The number of halogens is 1. The van der Waals surface area contributed by atoms with E-state index >= 15 is 0 Å². The maximum atomic E-state index is 6.17. The quantitative estimate of drug-likeness (QED) is 0.888. The first-order valence-electron chi connectivity index (χ1n) is 7.97. The van der Waals surface area contributed by atoms with Crippen LogP contribution in [0.4, 0.5) is 0 Å². The highest BCUT2D eigenvalue weighted by molar-refractivity contribution is 6.31. The Hall–Kier alpha value is -1.03. The summed E-state index contributed by atoms with van der Waals surface area (Å²) in [7, 11) is 0. The summed E-state index contributed by atoms with van der Waals surface area (Å²) in [5, 5.41) is 2.15. The summed E-state index contributed by atoms with van der Waals surface area (Å²) in [5.74, 6) is 0. The average molecular weight is 306 g/mol. The lowest BCUT2D eigenvalue weighted by Crippen LogP contribution is -2.21. The van der Waals surface area contributed by atoms with Crippen LogP contribution in [0.5, 0.6) is 0 Å². The van der Waals surface area contributed by atoms with Gasteiger partial charge < -0.3 is 15.2 Å². The minimum Gasteiger partial charge on any atom is -0.347 e. The summed E-state index contributed by atoms with van der Waals surface area (Å²) in [6.45, 7) is 5.38. The van der Waals surface area contributed by atoms with Crippen LogP contribution in [-0.4, -0.2) is 35.6 Å². The van der Waals surface area contributed by atoms with Crippen LogP contribution in [-0.2, 0) is 13.0 Å². The van der Waals surface area contributed by atoms with Crippen LogP contribution in [0.3, 0.4) is 0 Å². The average Bonchev–Trinajstić information content (AvgIpc) is 3.10. The van der Waals surface area contributed by atoms with E-state index in [2.05, 4.69) is 27.8 Å². The van der Waals surface area contributed by atoms with Gasteiger partial charge in [-0.2, -0.15) is 0 Å². The fourth-order valence-corrected chi connectivity index (χ4v) is 3.44. The van der Waals surface area contributed by atoms with Crippen molar-refractivity contribution in [1.29, 1.82) is 0 Å². The molecule has 1 aliphatic rings. The van der Waals surface area contributed by atoms with Gasteiger partial charge in [0, 0.05) is 35.2 Å². The summed E-state index contributed by atoms with van der Waals surface area (Å²) in [6, 6.07) is 6.24. The monoisotopic (exact) mass is 305 g/mol. The molecule has 1 aromatic heterocycles. The molecule has 1 aliphatic heterocycles. The topological polar surface area (TPSA) is 34.2 Å². The number of benzene rings is 1. The SMILES string of the molecule is NCCCn1cc(CCN2CCCC2)c2ccc(Cl)cc21. The zero-order valence-corrected chi connectivity index (χ0v) is 13.3. The number of nitrogens with two attached hydrogens (primary N) is 1. The molecule has 0 aliphatic carbocycles. The van der Waals surface area contributed by atoms with Crippen LogP contribution in [0.2, 0.25) is 5.02 Å². The van der Waals surface area contributed by atoms with E-state index in [1.165, 1.54) is 48.9 Å². The van der Waals surface area contributed by atoms with Gasteiger partial charge in [-0.3, -0.25) is 0 Å². The van der Waals surface area contributed by atoms with Crippen LogP contribution >= 0.6 is 11.6 Å². The van der Waals surface area contributed by atoms with Crippen molar-refractivity contribution in [3.05, 3.63) is 35.0 Å². The molecule has 4 heteroatoms. The number of likely N-dealkylation sites (tertiary alicyclic amines) is 1. The molecule has 1 saturated heterocycles. The second-order valence-corrected chi connectivity index (χ2v) is 6.39. The lowest BCUT2D eigenvalue weighted by Gasteiger charge is -2.13. The molecule has 0 saturated carbocycles. The zero-order chi connectivity index (χ0) is 14.7. The number of aryl methyl sites for hydroxylation is 1. The van der Waals surface area contributed by atoms with Crippen molar-refractivity contribution in [2.45, 2.75) is 32.2 Å². The molecule has 0 atom stereocenters. The minimum absolute atomic E-state index is 0.726. The number of rotatable bonds is 6. The largest absolute Gasteiger partial charge is 0.347 e. The van der Waals surface area contributed by atoms with Crippen molar-refractivity contribution in [2.24, 2.45) is 5.73 Å². The predicted molar refractivity (Wildman–Crippen MR) is 90.0 cm³/mol. The van der Waals surface area contributed by atoms with Gasteiger partial charge in [-0.1, -0.05) is 17.7 Å². The molecule has 2 aromatic rings. The Morgan fingerprint density at radius 1 is 1.14 bits per heavy atom. The smallest absolute Gasteiger partial charge is 0.0498 e. The third kappa shape index (κ3) is 3.42. The van der Waals surface area contributed by atoms with Crippen LogP contribution in [0.15, 0.2) is 24.4 Å². The van der Waals surface area contributed by atoms with E-state index in [-0.39, 0.29) is 0 Å². The fraction of sp³-hybridized carbons (Fsp3) is 0.529. The van der Waals surface area contributed by atoms with E-state index < -0.39 is 0 Å². The molecular weight excluding hydrogens is 282 g/mol. The normalized spacial score (nSPS) is 16.1. The van der Waals surface area contributed by atoms with Gasteiger partial charge in [0.25, 0.3) is 0 Å². The number of fused-ring (bicyclic) bond motifs is 1. The molecule has 1 fully saturated rings. The van der Waals surface area contributed by atoms with Gasteiger partial charge in [0.05, 0.1) is 0 Å². The van der Waals surface area contributed by atoms with Crippen molar-refractivity contribution < 1.29 is 0 Å². The van der Waals surface area contributed by atoms with E-state index in [9.17, 15) is 0 Å². The van der Waals surface area contributed by atoms with Gasteiger partial charge in [-0.15, -0.1) is 0 Å². The van der Waals surface area contributed by atoms with Gasteiger partial charge in [-0.25, -0.2) is 0 Å². The second-order valence-electron chi connectivity index (χ2n) is 5.95. The van der Waals surface area contributed by atoms with Crippen molar-refractivity contribution in [3.63, 3.8) is 0 Å². The van der Waals surface area contributed by atoms with Gasteiger partial charge in [0.2, 0.25) is 0 Å². The Balaban J connectivity index is 1.82. The molecule has 0 amide bonds. The van der Waals surface area contributed by atoms with Crippen LogP contribution in [0, 0.1) is 0 Å². The maximum absolute atomic E-state index is 6.17. The standard InChI is InChI=1S/C17H24ClN3/c18-15-4-5-16-14(6-11-20-8-1-2-9-20)13-21(10-3-7-19)17(16)12-15/h4-5,12-13H,1-3,6-11,19H2. The molecule has 0 bridgehead atoms. The van der Waals surface area contributed by atoms with Gasteiger partial charge in [0.1, 0.15) is 0 Å². The van der Waals surface area contributed by atoms with Crippen LogP contribution < -0.4 is 5.73 Å². The third-order valence-electron chi connectivity index (χ3n) is 4.43. The van der Waals surface area contributed by atoms with Crippen molar-refractivity contribution >= 4 is 22.5 Å². The molecule has 2 N–H and O–H groups in total. The Labute approximate surface area is 131 Å². The first-order chi connectivity index (χ1) is 10.3. The van der Waals surface area contributed by atoms with Gasteiger partial charge in [-0.05, 0) is 63.0 Å². The molecule has 1 aromatic carbocycles. The molecule has 0 radical (unpaired) electrons. The van der Waals surface area contributed by atoms with E-state index in [0.29, 0.717) is 0 Å². The highest BCUT2D eigenvalue weighted by Gasteiger charge is 2.13. The summed E-state index contributed by atoms with van der Waals surface area (Å²) in [4.78, 5) is 2.57. The van der Waals surface area contributed by atoms with Gasteiger partial charge in [0.15, 0.2) is 0 Å². The van der Waals surface area contributed by atoms with Crippen LogP contribution in [0.25, 0.3) is 10.9 Å². The third-order valence-corrected chi connectivity index (χ3v) is 4.66. The lowest BCUT2D eigenvalue weighted by molar-refractivity contribution is 0.344. The first kappa shape index (κ1) is 14.9. The van der Waals surface area contributed by atoms with Crippen molar-refractivity contribution in [1.82, 2.24) is 9.47 Å². The summed E-state index contributed by atoms with van der Waals surface area (Å²) >= 11 is 6.17. The first-order valence-corrected chi connectivity index (χ1v) is 8.35. The number of aromatic nitrogens is 1. The molecule has 3 rings (SSSR count). The maximum Gasteiger partial charge on any atom is 0.0498 e. The van der Waals surface area contributed by atoms with Gasteiger partial charge >= 0.3 is 0 Å². The summed E-state index contributed by atoms with van der Waals surface area (Å²) in [5.41, 5.74) is 8.33. The zero-order valence-electron chi connectivity index (χ0n) is 12.5. The Morgan fingerprint density at radius 3 is 2.71 bits per heavy atom. The van der Waals surface area contributed by atoms with Crippen LogP contribution in [0.1, 0.15) is 24.8 Å². The molecule has 2 heterocycles. The number of hydrogen-bond acceptors (Lipinski definition) is 2. The van der Waals surface area contributed by atoms with E-state index in [1.807, 2.05) is 6.07 Å². The van der Waals surface area contributed by atoms with Crippen molar-refractivity contribution in [2.75, 3.05) is 26.2 Å². The predicted octanol–water partition coefficient (Wildman–Crippen LogP) is 3.28. The molecule has 3 nitrogen and oxygen atoms in total. The highest BCUT2D eigenvalue weighted by Crippen LogP contribution is 2.26. The molecular formula is C17H24ClN3. The fourth-order valence-electron chi connectivity index (χ4n) is 3.27. The Morgan fingerprint density at radius 2 is 1.95 bits per heavy atom. The van der Waals surface area contributed by atoms with E-state index in [4.69, 9.17) is 17.3 Å². The highest BCUT2D eigenvalue weighted by atomic mass is 35.5. The second kappa shape index (κ2) is 6.82. The minimum atomic E-state index is 0.726. The summed E-state index contributed by atoms with van der Waals surface area (Å²) in [6.07, 6.45) is 7.13. The Kier molecular flexibility index (Phi) is 4.84. The number of hydrogen-bond donors (Lipinski definition) is 1. The summed E-state index contributed by atoms with van der Waals surface area (Å²) < 4.78 is 2.31. The molecule has 114 valence electrons. The molecule has 0 unspecified atom stereocenters. The van der Waals surface area contributed by atoms with Crippen molar-refractivity contribution in [3.8, 4) is 0 Å². The van der Waals surface area contributed by atoms with E-state index in [1.54, 1.807) is 0 Å². The Bertz CT molecular complexity index is 599. The van der Waals surface area contributed by atoms with E-state index in [0.717, 1.165) is 31.0 Å². The number of nitrogens with zero attached hydrogens (tertiary/aromatic N) is 2. The molecule has 21 heavy (non-hydrogen) atoms. The molecule has 0 spiro atoms. The lowest BCUT2D eigenvalue weighted by atomic mass is 10.1.